The topological polar surface area (TPSA) is 78.5 Å². The first-order chi connectivity index (χ1) is 13.9. The Bertz CT molecular complexity index is 1150. The molecule has 3 aromatic rings. The fourth-order valence-corrected chi connectivity index (χ4v) is 4.90. The van der Waals surface area contributed by atoms with Crippen molar-refractivity contribution in [1.29, 1.82) is 0 Å². The van der Waals surface area contributed by atoms with Crippen LogP contribution in [0.2, 0.25) is 5.02 Å². The van der Waals surface area contributed by atoms with Crippen molar-refractivity contribution in [2.45, 2.75) is 11.3 Å². The first kappa shape index (κ1) is 19.3. The predicted octanol–water partition coefficient (Wildman–Crippen LogP) is 4.74. The van der Waals surface area contributed by atoms with Gasteiger partial charge in [0.25, 0.3) is 10.0 Å². The molecule has 1 aliphatic rings. The van der Waals surface area contributed by atoms with Crippen LogP contribution >= 0.6 is 11.6 Å². The number of rotatable bonds is 4. The molecule has 8 heteroatoms. The van der Waals surface area contributed by atoms with Crippen LogP contribution in [0.1, 0.15) is 5.56 Å². The van der Waals surface area contributed by atoms with E-state index < -0.39 is 10.0 Å². The van der Waals surface area contributed by atoms with E-state index in [1.54, 1.807) is 72.8 Å². The Balaban J connectivity index is 1.50. The molecular formula is C21H18ClN3O3S. The molecule has 2 amide bonds. The van der Waals surface area contributed by atoms with Gasteiger partial charge in [0.1, 0.15) is 0 Å². The van der Waals surface area contributed by atoms with Gasteiger partial charge in [0, 0.05) is 22.9 Å². The van der Waals surface area contributed by atoms with Crippen LogP contribution in [0.3, 0.4) is 0 Å². The molecule has 4 rings (SSSR count). The minimum absolute atomic E-state index is 0.261. The van der Waals surface area contributed by atoms with E-state index in [4.69, 9.17) is 11.6 Å². The maximum Gasteiger partial charge on any atom is 0.323 e. The Labute approximate surface area is 174 Å². The normalized spacial score (nSPS) is 13.1. The summed E-state index contributed by atoms with van der Waals surface area (Å²) in [6, 6.07) is 20.0. The lowest BCUT2D eigenvalue weighted by molar-refractivity contribution is 0.262. The summed E-state index contributed by atoms with van der Waals surface area (Å²) in [5.74, 6) is 0. The highest BCUT2D eigenvalue weighted by Gasteiger charge is 2.30. The lowest BCUT2D eigenvalue weighted by atomic mass is 10.1. The summed E-state index contributed by atoms with van der Waals surface area (Å²) in [6.07, 6.45) is 0.579. The van der Waals surface area contributed by atoms with E-state index in [0.29, 0.717) is 35.1 Å². The van der Waals surface area contributed by atoms with E-state index in [-0.39, 0.29) is 10.9 Å². The second kappa shape index (κ2) is 7.77. The van der Waals surface area contributed by atoms with Crippen molar-refractivity contribution in [3.05, 3.63) is 83.4 Å². The third-order valence-electron chi connectivity index (χ3n) is 4.62. The predicted molar refractivity (Wildman–Crippen MR) is 115 cm³/mol. The molecule has 1 heterocycles. The Morgan fingerprint density at radius 3 is 2.28 bits per heavy atom. The van der Waals surface area contributed by atoms with Gasteiger partial charge in [-0.25, -0.2) is 13.2 Å². The first-order valence-electron chi connectivity index (χ1n) is 8.98. The SMILES string of the molecule is O=C(Nc1ccc(Cl)cc1)Nc1ccc2c(c1)CCN2S(=O)(=O)c1ccccc1. The summed E-state index contributed by atoms with van der Waals surface area (Å²) in [6.45, 7) is 0.368. The number of benzene rings is 3. The number of carbonyl (C=O) groups is 1. The Hall–Kier alpha value is -3.03. The zero-order chi connectivity index (χ0) is 20.4. The number of sulfonamides is 1. The number of fused-ring (bicyclic) bond motifs is 1. The second-order valence-electron chi connectivity index (χ2n) is 6.57. The number of nitrogens with zero attached hydrogens (tertiary/aromatic N) is 1. The van der Waals surface area contributed by atoms with Crippen LogP contribution < -0.4 is 14.9 Å². The van der Waals surface area contributed by atoms with Crippen molar-refractivity contribution in [3.8, 4) is 0 Å². The van der Waals surface area contributed by atoms with Crippen molar-refractivity contribution in [2.75, 3.05) is 21.5 Å². The van der Waals surface area contributed by atoms with Gasteiger partial charge in [-0.2, -0.15) is 0 Å². The monoisotopic (exact) mass is 427 g/mol. The first-order valence-corrected chi connectivity index (χ1v) is 10.8. The fourth-order valence-electron chi connectivity index (χ4n) is 3.25. The highest BCUT2D eigenvalue weighted by molar-refractivity contribution is 7.92. The summed E-state index contributed by atoms with van der Waals surface area (Å²) in [5.41, 5.74) is 2.72. The van der Waals surface area contributed by atoms with E-state index in [1.807, 2.05) is 0 Å². The second-order valence-corrected chi connectivity index (χ2v) is 8.87. The average Bonchev–Trinajstić information content (AvgIpc) is 3.14. The summed E-state index contributed by atoms with van der Waals surface area (Å²) in [7, 11) is -3.61. The highest BCUT2D eigenvalue weighted by Crippen LogP contribution is 2.34. The zero-order valence-electron chi connectivity index (χ0n) is 15.3. The van der Waals surface area contributed by atoms with Crippen LogP contribution in [0.4, 0.5) is 21.9 Å². The van der Waals surface area contributed by atoms with Gasteiger partial charge < -0.3 is 10.6 Å². The quantitative estimate of drug-likeness (QED) is 0.631. The van der Waals surface area contributed by atoms with Crippen molar-refractivity contribution in [3.63, 3.8) is 0 Å². The number of nitrogens with one attached hydrogen (secondary N) is 2. The van der Waals surface area contributed by atoms with E-state index in [1.165, 1.54) is 4.31 Å². The fraction of sp³-hybridized carbons (Fsp3) is 0.0952. The van der Waals surface area contributed by atoms with Crippen LogP contribution in [-0.2, 0) is 16.4 Å². The van der Waals surface area contributed by atoms with Crippen molar-refractivity contribution in [2.24, 2.45) is 0 Å². The standard InChI is InChI=1S/C21H18ClN3O3S/c22-16-6-8-17(9-7-16)23-21(26)24-18-10-11-20-15(14-18)12-13-25(20)29(27,28)19-4-2-1-3-5-19/h1-11,14H,12-13H2,(H2,23,24,26). The largest absolute Gasteiger partial charge is 0.323 e. The van der Waals surface area contributed by atoms with E-state index in [9.17, 15) is 13.2 Å². The summed E-state index contributed by atoms with van der Waals surface area (Å²) in [5, 5.41) is 6.08. The van der Waals surface area contributed by atoms with Crippen molar-refractivity contribution >= 4 is 44.7 Å². The molecule has 148 valence electrons. The molecule has 0 fully saturated rings. The Morgan fingerprint density at radius 1 is 0.897 bits per heavy atom. The average molecular weight is 428 g/mol. The van der Waals surface area contributed by atoms with Gasteiger partial charge in [0.05, 0.1) is 10.6 Å². The number of urea groups is 1. The lowest BCUT2D eigenvalue weighted by Crippen LogP contribution is -2.29. The van der Waals surface area contributed by atoms with Crippen LogP contribution in [0.15, 0.2) is 77.7 Å². The number of anilines is 3. The number of amides is 2. The van der Waals surface area contributed by atoms with Gasteiger partial charge >= 0.3 is 6.03 Å². The number of hydrogen-bond donors (Lipinski definition) is 2. The summed E-state index contributed by atoms with van der Waals surface area (Å²) < 4.78 is 27.3. The number of carbonyl (C=O) groups excluding carboxylic acids is 1. The maximum absolute atomic E-state index is 12.9. The molecular weight excluding hydrogens is 410 g/mol. The zero-order valence-corrected chi connectivity index (χ0v) is 16.9. The smallest absolute Gasteiger partial charge is 0.308 e. The highest BCUT2D eigenvalue weighted by atomic mass is 35.5. The molecule has 0 atom stereocenters. The van der Waals surface area contributed by atoms with Gasteiger partial charge in [-0.05, 0) is 66.6 Å². The lowest BCUT2D eigenvalue weighted by Gasteiger charge is -2.19. The van der Waals surface area contributed by atoms with Gasteiger partial charge in [-0.15, -0.1) is 0 Å². The molecule has 0 saturated heterocycles. The van der Waals surface area contributed by atoms with Gasteiger partial charge in [-0.1, -0.05) is 29.8 Å². The molecule has 2 N–H and O–H groups in total. The number of hydrogen-bond acceptors (Lipinski definition) is 3. The molecule has 0 bridgehead atoms. The molecule has 0 aromatic heterocycles. The van der Waals surface area contributed by atoms with Crippen LogP contribution in [0.5, 0.6) is 0 Å². The molecule has 0 spiro atoms. The molecule has 0 saturated carbocycles. The van der Waals surface area contributed by atoms with Crippen LogP contribution in [0, 0.1) is 0 Å². The summed E-state index contributed by atoms with van der Waals surface area (Å²) in [4.78, 5) is 12.5. The van der Waals surface area contributed by atoms with Crippen LogP contribution in [0.25, 0.3) is 0 Å². The summed E-state index contributed by atoms with van der Waals surface area (Å²) >= 11 is 5.84. The molecule has 0 aliphatic carbocycles. The minimum atomic E-state index is -3.61. The third kappa shape index (κ3) is 4.06. The van der Waals surface area contributed by atoms with E-state index in [0.717, 1.165) is 5.56 Å². The van der Waals surface area contributed by atoms with Gasteiger partial charge in [0.15, 0.2) is 0 Å². The Kier molecular flexibility index (Phi) is 5.17. The third-order valence-corrected chi connectivity index (χ3v) is 6.70. The molecule has 3 aromatic carbocycles. The van der Waals surface area contributed by atoms with Crippen LogP contribution in [-0.4, -0.2) is 21.0 Å². The molecule has 0 radical (unpaired) electrons. The van der Waals surface area contributed by atoms with Crippen molar-refractivity contribution < 1.29 is 13.2 Å². The minimum Gasteiger partial charge on any atom is -0.308 e. The molecule has 0 unspecified atom stereocenters. The molecule has 6 nitrogen and oxygen atoms in total. The Morgan fingerprint density at radius 2 is 1.55 bits per heavy atom. The van der Waals surface area contributed by atoms with E-state index in [2.05, 4.69) is 10.6 Å². The molecule has 1 aliphatic heterocycles. The maximum atomic E-state index is 12.9. The van der Waals surface area contributed by atoms with Crippen molar-refractivity contribution in [1.82, 2.24) is 0 Å². The number of halogens is 1. The van der Waals surface area contributed by atoms with Gasteiger partial charge in [0.2, 0.25) is 0 Å². The van der Waals surface area contributed by atoms with E-state index >= 15 is 0 Å². The van der Waals surface area contributed by atoms with Gasteiger partial charge in [-0.3, -0.25) is 4.31 Å². The molecule has 29 heavy (non-hydrogen) atoms.